The number of aliphatic hydroxyl groups excluding tert-OH is 1. The van der Waals surface area contributed by atoms with E-state index in [-0.39, 0.29) is 30.3 Å². The minimum Gasteiger partial charge on any atom is -0.391 e. The lowest BCUT2D eigenvalue weighted by Gasteiger charge is -2.13. The topological polar surface area (TPSA) is 61.4 Å². The SMILES string of the molecule is Cl.O=C(CCC1CC1)NCC1CNCC1O. The summed E-state index contributed by atoms with van der Waals surface area (Å²) in [4.78, 5) is 11.4. The first-order valence-corrected chi connectivity index (χ1v) is 5.91. The van der Waals surface area contributed by atoms with Gasteiger partial charge in [-0.25, -0.2) is 0 Å². The molecule has 0 bridgehead atoms. The monoisotopic (exact) mass is 248 g/mol. The molecule has 0 aromatic rings. The molecule has 2 unspecified atom stereocenters. The van der Waals surface area contributed by atoms with Crippen molar-refractivity contribution in [3.05, 3.63) is 0 Å². The summed E-state index contributed by atoms with van der Waals surface area (Å²) in [6, 6.07) is 0. The van der Waals surface area contributed by atoms with Crippen LogP contribution in [-0.2, 0) is 4.79 Å². The van der Waals surface area contributed by atoms with Crippen LogP contribution in [0, 0.1) is 11.8 Å². The summed E-state index contributed by atoms with van der Waals surface area (Å²) in [5, 5.41) is 15.5. The maximum absolute atomic E-state index is 11.4. The van der Waals surface area contributed by atoms with E-state index in [1.54, 1.807) is 0 Å². The lowest BCUT2D eigenvalue weighted by molar-refractivity contribution is -0.121. The Morgan fingerprint density at radius 3 is 2.69 bits per heavy atom. The standard InChI is InChI=1S/C11H20N2O2.ClH/c14-10-7-12-5-9(10)6-13-11(15)4-3-8-1-2-8;/h8-10,12,14H,1-7H2,(H,13,15);1H. The normalized spacial score (nSPS) is 28.6. The quantitative estimate of drug-likeness (QED) is 0.656. The molecule has 2 rings (SSSR count). The summed E-state index contributed by atoms with van der Waals surface area (Å²) in [5.74, 6) is 1.14. The van der Waals surface area contributed by atoms with Crippen LogP contribution in [0.2, 0.25) is 0 Å². The van der Waals surface area contributed by atoms with Crippen molar-refractivity contribution in [1.29, 1.82) is 0 Å². The molecule has 0 aromatic carbocycles. The van der Waals surface area contributed by atoms with E-state index >= 15 is 0 Å². The van der Waals surface area contributed by atoms with Crippen molar-refractivity contribution in [1.82, 2.24) is 10.6 Å². The van der Waals surface area contributed by atoms with E-state index in [0.717, 1.165) is 18.9 Å². The summed E-state index contributed by atoms with van der Waals surface area (Å²) >= 11 is 0. The maximum Gasteiger partial charge on any atom is 0.220 e. The van der Waals surface area contributed by atoms with Crippen molar-refractivity contribution in [3.63, 3.8) is 0 Å². The highest BCUT2D eigenvalue weighted by Crippen LogP contribution is 2.33. The molecular formula is C11H21ClN2O2. The van der Waals surface area contributed by atoms with Gasteiger partial charge >= 0.3 is 0 Å². The predicted molar refractivity (Wildman–Crippen MR) is 64.6 cm³/mol. The third kappa shape index (κ3) is 4.28. The van der Waals surface area contributed by atoms with Crippen molar-refractivity contribution in [2.45, 2.75) is 31.8 Å². The maximum atomic E-state index is 11.4. The molecule has 2 fully saturated rings. The Kier molecular flexibility index (Phi) is 5.52. The molecule has 0 radical (unpaired) electrons. The Hall–Kier alpha value is -0.320. The molecule has 2 atom stereocenters. The van der Waals surface area contributed by atoms with Crippen LogP contribution in [0.1, 0.15) is 25.7 Å². The molecule has 5 heteroatoms. The van der Waals surface area contributed by atoms with Crippen LogP contribution in [0.25, 0.3) is 0 Å². The van der Waals surface area contributed by atoms with Gasteiger partial charge in [-0.1, -0.05) is 12.8 Å². The molecule has 1 aliphatic carbocycles. The average Bonchev–Trinajstić information content (AvgIpc) is 2.96. The molecule has 1 amide bonds. The van der Waals surface area contributed by atoms with Crippen LogP contribution in [0.15, 0.2) is 0 Å². The lowest BCUT2D eigenvalue weighted by Crippen LogP contribution is -2.34. The molecule has 1 heterocycles. The Labute approximate surface area is 103 Å². The van der Waals surface area contributed by atoms with Gasteiger partial charge in [-0.3, -0.25) is 4.79 Å². The first-order chi connectivity index (χ1) is 7.25. The van der Waals surface area contributed by atoms with Gasteiger partial charge in [0.05, 0.1) is 6.10 Å². The molecule has 0 spiro atoms. The minimum absolute atomic E-state index is 0. The van der Waals surface area contributed by atoms with Crippen LogP contribution >= 0.6 is 12.4 Å². The number of aliphatic hydroxyl groups is 1. The Morgan fingerprint density at radius 2 is 2.12 bits per heavy atom. The van der Waals surface area contributed by atoms with Gasteiger partial charge in [-0.05, 0) is 12.3 Å². The van der Waals surface area contributed by atoms with E-state index in [9.17, 15) is 9.90 Å². The van der Waals surface area contributed by atoms with Crippen molar-refractivity contribution in [2.24, 2.45) is 11.8 Å². The van der Waals surface area contributed by atoms with E-state index in [0.29, 0.717) is 19.5 Å². The summed E-state index contributed by atoms with van der Waals surface area (Å²) < 4.78 is 0. The highest BCUT2D eigenvalue weighted by Gasteiger charge is 2.25. The van der Waals surface area contributed by atoms with Gasteiger partial charge in [-0.2, -0.15) is 0 Å². The van der Waals surface area contributed by atoms with Gasteiger partial charge in [0.25, 0.3) is 0 Å². The van der Waals surface area contributed by atoms with Gasteiger partial charge < -0.3 is 15.7 Å². The zero-order valence-corrected chi connectivity index (χ0v) is 10.3. The fourth-order valence-corrected chi connectivity index (χ4v) is 2.00. The van der Waals surface area contributed by atoms with Crippen molar-refractivity contribution < 1.29 is 9.90 Å². The number of halogens is 1. The smallest absolute Gasteiger partial charge is 0.220 e. The molecule has 1 aliphatic heterocycles. The molecule has 0 aromatic heterocycles. The zero-order chi connectivity index (χ0) is 10.7. The summed E-state index contributed by atoms with van der Waals surface area (Å²) in [5.41, 5.74) is 0. The van der Waals surface area contributed by atoms with Crippen LogP contribution in [-0.4, -0.2) is 36.8 Å². The van der Waals surface area contributed by atoms with Crippen molar-refractivity contribution >= 4 is 18.3 Å². The van der Waals surface area contributed by atoms with Crippen LogP contribution in [0.3, 0.4) is 0 Å². The molecule has 1 saturated carbocycles. The molecule has 1 saturated heterocycles. The van der Waals surface area contributed by atoms with Gasteiger partial charge in [0.2, 0.25) is 5.91 Å². The van der Waals surface area contributed by atoms with Crippen LogP contribution in [0.5, 0.6) is 0 Å². The first-order valence-electron chi connectivity index (χ1n) is 5.91. The van der Waals surface area contributed by atoms with Crippen molar-refractivity contribution in [3.8, 4) is 0 Å². The third-order valence-corrected chi connectivity index (χ3v) is 3.34. The van der Waals surface area contributed by atoms with Gasteiger partial charge in [-0.15, -0.1) is 12.4 Å². The van der Waals surface area contributed by atoms with Crippen LogP contribution < -0.4 is 10.6 Å². The fourth-order valence-electron chi connectivity index (χ4n) is 2.00. The molecule has 4 nitrogen and oxygen atoms in total. The van der Waals surface area contributed by atoms with Gasteiger partial charge in [0.1, 0.15) is 0 Å². The molecular weight excluding hydrogens is 228 g/mol. The summed E-state index contributed by atoms with van der Waals surface area (Å²) in [6.07, 6.45) is 4.00. The lowest BCUT2D eigenvalue weighted by atomic mass is 10.1. The van der Waals surface area contributed by atoms with E-state index < -0.39 is 0 Å². The second-order valence-electron chi connectivity index (χ2n) is 4.77. The number of hydrogen-bond donors (Lipinski definition) is 3. The third-order valence-electron chi connectivity index (χ3n) is 3.34. The number of rotatable bonds is 5. The van der Waals surface area contributed by atoms with Crippen molar-refractivity contribution in [2.75, 3.05) is 19.6 Å². The highest BCUT2D eigenvalue weighted by molar-refractivity contribution is 5.85. The number of carbonyl (C=O) groups excluding carboxylic acids is 1. The minimum atomic E-state index is -0.297. The fraction of sp³-hybridized carbons (Fsp3) is 0.909. The second-order valence-corrected chi connectivity index (χ2v) is 4.77. The Morgan fingerprint density at radius 1 is 1.38 bits per heavy atom. The second kappa shape index (κ2) is 6.42. The first kappa shape index (κ1) is 13.7. The van der Waals surface area contributed by atoms with Crippen LogP contribution in [0.4, 0.5) is 0 Å². The van der Waals surface area contributed by atoms with E-state index in [1.165, 1.54) is 12.8 Å². The molecule has 16 heavy (non-hydrogen) atoms. The molecule has 2 aliphatic rings. The number of hydrogen-bond acceptors (Lipinski definition) is 3. The molecule has 3 N–H and O–H groups in total. The van der Waals surface area contributed by atoms with E-state index in [2.05, 4.69) is 10.6 Å². The number of amides is 1. The summed E-state index contributed by atoms with van der Waals surface area (Å²) in [7, 11) is 0. The molecule has 94 valence electrons. The largest absolute Gasteiger partial charge is 0.391 e. The van der Waals surface area contributed by atoms with E-state index in [4.69, 9.17) is 0 Å². The number of carbonyl (C=O) groups is 1. The zero-order valence-electron chi connectivity index (χ0n) is 9.45. The Bertz CT molecular complexity index is 234. The van der Waals surface area contributed by atoms with Gasteiger partial charge in [0, 0.05) is 32.0 Å². The predicted octanol–water partition coefficient (Wildman–Crippen LogP) is 0.295. The average molecular weight is 249 g/mol. The Balaban J connectivity index is 0.00000128. The highest BCUT2D eigenvalue weighted by atomic mass is 35.5. The summed E-state index contributed by atoms with van der Waals surface area (Å²) in [6.45, 7) is 2.07. The van der Waals surface area contributed by atoms with Gasteiger partial charge in [0.15, 0.2) is 0 Å². The van der Waals surface area contributed by atoms with E-state index in [1.807, 2.05) is 0 Å². The number of β-amino-alcohol motifs (C(OH)–C–C–N with tert-alkyl or cyclic N) is 1. The number of nitrogens with one attached hydrogen (secondary N) is 2.